The minimum absolute atomic E-state index is 0.120. The number of hydrogen-bond donors (Lipinski definition) is 1. The second kappa shape index (κ2) is 13.6. The molecule has 1 N–H and O–H groups in total. The Kier molecular flexibility index (Phi) is 8.49. The Bertz CT molecular complexity index is 2410. The van der Waals surface area contributed by atoms with E-state index in [0.717, 1.165) is 85.2 Å². The van der Waals surface area contributed by atoms with E-state index in [9.17, 15) is 18.8 Å². The largest absolute Gasteiger partial charge is 0.363 e. The molecule has 2 aromatic carbocycles. The number of nitrogens with zero attached hydrogens (tertiary/aromatic N) is 8. The predicted molar refractivity (Wildman–Crippen MR) is 200 cm³/mol. The van der Waals surface area contributed by atoms with E-state index in [0.29, 0.717) is 25.0 Å². The van der Waals surface area contributed by atoms with Gasteiger partial charge in [-0.1, -0.05) is 30.3 Å². The van der Waals surface area contributed by atoms with Crippen LogP contribution < -0.4 is 20.8 Å². The zero-order valence-electron chi connectivity index (χ0n) is 29.3. The minimum Gasteiger partial charge on any atom is -0.363 e. The lowest BCUT2D eigenvalue weighted by Crippen LogP contribution is -2.48. The Hall–Kier alpha value is -5.82. The van der Waals surface area contributed by atoms with Gasteiger partial charge in [0.15, 0.2) is 0 Å². The van der Waals surface area contributed by atoms with Gasteiger partial charge in [0.2, 0.25) is 11.8 Å². The third-order valence-corrected chi connectivity index (χ3v) is 11.0. The van der Waals surface area contributed by atoms with E-state index in [2.05, 4.69) is 41.7 Å². The van der Waals surface area contributed by atoms with Crippen molar-refractivity contribution in [3.8, 4) is 11.4 Å². The minimum atomic E-state index is -0.704. The van der Waals surface area contributed by atoms with E-state index in [4.69, 9.17) is 4.98 Å². The lowest BCUT2D eigenvalue weighted by molar-refractivity contribution is -0.135. The van der Waals surface area contributed by atoms with Crippen LogP contribution in [-0.4, -0.2) is 79.5 Å². The molecule has 2 atom stereocenters. The number of amides is 2. The highest BCUT2D eigenvalue weighted by molar-refractivity contribution is 6.00. The van der Waals surface area contributed by atoms with E-state index >= 15 is 0 Å². The normalized spacial score (nSPS) is 19.8. The average Bonchev–Trinajstić information content (AvgIpc) is 3.91. The molecule has 0 spiro atoms. The van der Waals surface area contributed by atoms with Crippen molar-refractivity contribution in [2.75, 3.05) is 49.1 Å². The van der Waals surface area contributed by atoms with Crippen LogP contribution in [0.3, 0.4) is 0 Å². The first kappa shape index (κ1) is 33.0. The lowest BCUT2D eigenvalue weighted by Gasteiger charge is -2.35. The molecule has 53 heavy (non-hydrogen) atoms. The van der Waals surface area contributed by atoms with Gasteiger partial charge in [0.25, 0.3) is 0 Å². The van der Waals surface area contributed by atoms with E-state index in [1.54, 1.807) is 21.3 Å². The van der Waals surface area contributed by atoms with Crippen molar-refractivity contribution in [3.05, 3.63) is 113 Å². The fourth-order valence-corrected chi connectivity index (χ4v) is 8.33. The maximum atomic E-state index is 14.1. The summed E-state index contributed by atoms with van der Waals surface area (Å²) in [7, 11) is 0. The van der Waals surface area contributed by atoms with Crippen molar-refractivity contribution < 1.29 is 14.0 Å². The number of carbonyl (C=O) groups excluding carboxylic acids is 2. The average molecular weight is 714 g/mol. The summed E-state index contributed by atoms with van der Waals surface area (Å²) < 4.78 is 19.5. The summed E-state index contributed by atoms with van der Waals surface area (Å²) in [6.45, 7) is 5.28. The number of benzene rings is 2. The summed E-state index contributed by atoms with van der Waals surface area (Å²) >= 11 is 0. The fourth-order valence-electron chi connectivity index (χ4n) is 8.33. The number of carbonyl (C=O) groups is 2. The van der Waals surface area contributed by atoms with Crippen LogP contribution in [0.1, 0.15) is 43.3 Å². The first-order valence-electron chi connectivity index (χ1n) is 18.4. The number of fused-ring (bicyclic) bond motifs is 2. The molecule has 3 fully saturated rings. The van der Waals surface area contributed by atoms with Crippen LogP contribution in [0.5, 0.6) is 0 Å². The molecule has 0 radical (unpaired) electrons. The monoisotopic (exact) mass is 713 g/mol. The van der Waals surface area contributed by atoms with Crippen LogP contribution >= 0.6 is 0 Å². The molecule has 13 heteroatoms. The third kappa shape index (κ3) is 6.14. The van der Waals surface area contributed by atoms with Gasteiger partial charge in [-0.05, 0) is 73.4 Å². The van der Waals surface area contributed by atoms with Gasteiger partial charge in [-0.3, -0.25) is 33.3 Å². The van der Waals surface area contributed by atoms with Crippen molar-refractivity contribution in [3.63, 3.8) is 0 Å². The van der Waals surface area contributed by atoms with Crippen LogP contribution in [0.4, 0.5) is 15.9 Å². The third-order valence-electron chi connectivity index (χ3n) is 11.0. The number of para-hydroxylation sites is 2. The molecule has 270 valence electrons. The maximum absolute atomic E-state index is 14.1. The summed E-state index contributed by atoms with van der Waals surface area (Å²) in [5.41, 5.74) is 5.90. The van der Waals surface area contributed by atoms with Crippen molar-refractivity contribution in [1.29, 1.82) is 0 Å². The van der Waals surface area contributed by atoms with Crippen molar-refractivity contribution in [2.24, 2.45) is 0 Å². The number of pyridine rings is 2. The molecular weight excluding hydrogens is 673 g/mol. The summed E-state index contributed by atoms with van der Waals surface area (Å²) in [5.74, 6) is -0.0330. The molecule has 3 aliphatic heterocycles. The second-order valence-corrected chi connectivity index (χ2v) is 14.1. The number of nitrogens with one attached hydrogen (secondary N) is 1. The number of imidazole rings is 2. The molecule has 1 unspecified atom stereocenters. The molecule has 12 nitrogen and oxygen atoms in total. The van der Waals surface area contributed by atoms with Gasteiger partial charge >= 0.3 is 5.69 Å². The highest BCUT2D eigenvalue weighted by Crippen LogP contribution is 2.37. The molecule has 6 aromatic rings. The van der Waals surface area contributed by atoms with Gasteiger partial charge in [-0.15, -0.1) is 0 Å². The number of rotatable bonds is 8. The molecule has 7 heterocycles. The molecule has 0 bridgehead atoms. The highest BCUT2D eigenvalue weighted by atomic mass is 19.1. The van der Waals surface area contributed by atoms with Gasteiger partial charge < -0.3 is 9.80 Å². The topological polar surface area (TPSA) is 113 Å². The Labute approximate surface area is 305 Å². The number of aromatic nitrogens is 5. The molecule has 2 amide bonds. The quantitative estimate of drug-likeness (QED) is 0.224. The van der Waals surface area contributed by atoms with Gasteiger partial charge in [0.1, 0.15) is 23.3 Å². The standard InChI is InChI=1S/C40H40FN9O3/c41-28-7-3-6-27(24-28)31-11-5-17-47(31)29-13-15-36-42-25-35(49(36)26-29)30-8-4-12-37(43-30)46-21-18-45(19-22-46)20-23-48-32-9-1-2-10-33(32)50(40(48)53)34-14-16-38(51)44-39(34)52/h1-4,6-10,12-13,15,24-26,31,34H,5,11,14,16-23H2,(H,44,51,52)/t31-,34?/m1/s1. The highest BCUT2D eigenvalue weighted by Gasteiger charge is 2.32. The summed E-state index contributed by atoms with van der Waals surface area (Å²) in [4.78, 5) is 55.0. The van der Waals surface area contributed by atoms with Gasteiger partial charge in [0, 0.05) is 58.4 Å². The SMILES string of the molecule is O=C1CCC(n2c(=O)n(CCN3CCN(c4cccc(-c5cnc6ccc(N7CCC[C@@H]7c7cccc(F)c7)cn56)n4)CC3)c3ccccc32)C(=O)N1. The Morgan fingerprint density at radius 1 is 0.811 bits per heavy atom. The van der Waals surface area contributed by atoms with Crippen molar-refractivity contribution in [1.82, 2.24) is 33.7 Å². The summed E-state index contributed by atoms with van der Waals surface area (Å²) in [5, 5.41) is 2.39. The first-order chi connectivity index (χ1) is 25.9. The number of anilines is 2. The van der Waals surface area contributed by atoms with E-state index in [1.807, 2.05) is 60.8 Å². The van der Waals surface area contributed by atoms with E-state index in [1.165, 1.54) is 6.07 Å². The van der Waals surface area contributed by atoms with Crippen LogP contribution in [0, 0.1) is 5.82 Å². The molecule has 4 aromatic heterocycles. The number of piperidine rings is 1. The number of hydrogen-bond acceptors (Lipinski definition) is 8. The van der Waals surface area contributed by atoms with E-state index < -0.39 is 11.9 Å². The van der Waals surface area contributed by atoms with E-state index in [-0.39, 0.29) is 29.9 Å². The molecule has 0 saturated carbocycles. The lowest BCUT2D eigenvalue weighted by atomic mass is 10.0. The van der Waals surface area contributed by atoms with Crippen LogP contribution in [0.15, 0.2) is 96.1 Å². The molecular formula is C40H40FN9O3. The number of halogens is 1. The first-order valence-corrected chi connectivity index (χ1v) is 18.4. The smallest absolute Gasteiger partial charge is 0.329 e. The fraction of sp³-hybridized carbons (Fsp3) is 0.325. The summed E-state index contributed by atoms with van der Waals surface area (Å²) in [6, 6.07) is 24.1. The van der Waals surface area contributed by atoms with Gasteiger partial charge in [-0.2, -0.15) is 0 Å². The molecule has 0 aliphatic carbocycles. The van der Waals surface area contributed by atoms with Gasteiger partial charge in [-0.25, -0.2) is 19.2 Å². The Morgan fingerprint density at radius 3 is 2.47 bits per heavy atom. The van der Waals surface area contributed by atoms with Crippen LogP contribution in [-0.2, 0) is 16.1 Å². The number of piperazine rings is 1. The van der Waals surface area contributed by atoms with Crippen molar-refractivity contribution >= 4 is 40.0 Å². The Morgan fingerprint density at radius 2 is 1.64 bits per heavy atom. The predicted octanol–water partition coefficient (Wildman–Crippen LogP) is 4.79. The maximum Gasteiger partial charge on any atom is 0.329 e. The Balaban J connectivity index is 0.888. The number of imide groups is 1. The van der Waals surface area contributed by atoms with Crippen LogP contribution in [0.2, 0.25) is 0 Å². The second-order valence-electron chi connectivity index (χ2n) is 14.1. The van der Waals surface area contributed by atoms with Gasteiger partial charge in [0.05, 0.1) is 40.3 Å². The summed E-state index contributed by atoms with van der Waals surface area (Å²) in [6.07, 6.45) is 6.53. The zero-order valence-corrected chi connectivity index (χ0v) is 29.3. The molecule has 3 aliphatic rings. The zero-order chi connectivity index (χ0) is 36.1. The molecule has 9 rings (SSSR count). The van der Waals surface area contributed by atoms with Crippen LogP contribution in [0.25, 0.3) is 28.1 Å². The molecule has 3 saturated heterocycles. The van der Waals surface area contributed by atoms with Crippen molar-refractivity contribution in [2.45, 2.75) is 44.3 Å².